The van der Waals surface area contributed by atoms with Gasteiger partial charge in [0.05, 0.1) is 6.07 Å². The van der Waals surface area contributed by atoms with Crippen LogP contribution in [-0.4, -0.2) is 14.4 Å². The summed E-state index contributed by atoms with van der Waals surface area (Å²) >= 11 is 0. The molecule has 28 heavy (non-hydrogen) atoms. The SMILES string of the molecule is C=C(C)CCC(C#N)[C@@H](C)C1CCC2[C@@H](O[Si](CC)(CC)CC)CCC[C@]12C. The van der Waals surface area contributed by atoms with Crippen molar-refractivity contribution in [2.45, 2.75) is 111 Å². The first kappa shape index (κ1) is 23.7. The Balaban J connectivity index is 2.16. The molecule has 0 bridgehead atoms. The van der Waals surface area contributed by atoms with Gasteiger partial charge < -0.3 is 4.43 Å². The zero-order chi connectivity index (χ0) is 20.9. The summed E-state index contributed by atoms with van der Waals surface area (Å²) in [6.45, 7) is 18.1. The molecule has 0 spiro atoms. The van der Waals surface area contributed by atoms with Crippen LogP contribution in [0.15, 0.2) is 12.2 Å². The molecule has 0 aromatic heterocycles. The lowest BCUT2D eigenvalue weighted by Gasteiger charge is -2.49. The lowest BCUT2D eigenvalue weighted by atomic mass is 9.60. The molecule has 0 saturated heterocycles. The number of hydrogen-bond donors (Lipinski definition) is 0. The van der Waals surface area contributed by atoms with E-state index in [4.69, 9.17) is 4.43 Å². The maximum atomic E-state index is 9.85. The van der Waals surface area contributed by atoms with Crippen molar-refractivity contribution in [3.8, 4) is 6.07 Å². The molecule has 0 N–H and O–H groups in total. The monoisotopic (exact) mass is 403 g/mol. The third kappa shape index (κ3) is 4.76. The number of rotatable bonds is 10. The van der Waals surface area contributed by atoms with Gasteiger partial charge in [-0.25, -0.2) is 0 Å². The summed E-state index contributed by atoms with van der Waals surface area (Å²) in [5.74, 6) is 2.00. The van der Waals surface area contributed by atoms with E-state index in [2.05, 4.69) is 54.2 Å². The zero-order valence-corrected chi connectivity index (χ0v) is 20.5. The highest BCUT2D eigenvalue weighted by Crippen LogP contribution is 2.59. The van der Waals surface area contributed by atoms with Gasteiger partial charge in [-0.2, -0.15) is 5.26 Å². The molecule has 2 aliphatic rings. The Labute approximate surface area is 176 Å². The first-order valence-corrected chi connectivity index (χ1v) is 14.5. The minimum absolute atomic E-state index is 0.161. The average molecular weight is 404 g/mol. The molecule has 0 aromatic rings. The van der Waals surface area contributed by atoms with Crippen LogP contribution in [0.4, 0.5) is 0 Å². The maximum Gasteiger partial charge on any atom is 0.192 e. The lowest BCUT2D eigenvalue weighted by molar-refractivity contribution is -0.0235. The van der Waals surface area contributed by atoms with Crippen molar-refractivity contribution < 1.29 is 4.43 Å². The van der Waals surface area contributed by atoms with Crippen molar-refractivity contribution in [1.82, 2.24) is 0 Å². The zero-order valence-electron chi connectivity index (χ0n) is 19.5. The standard InChI is InChI=1S/C25H45NOSi/c1-8-28(9-2,10-3)27-24-12-11-17-25(7)22(15-16-23(24)25)20(6)21(18-26)14-13-19(4)5/h20-24H,4,8-17H2,1-3,5-7H3/t20-,21?,22?,23?,24+,25-/m1/s1. The second kappa shape index (κ2) is 9.94. The molecule has 0 amide bonds. The van der Waals surface area contributed by atoms with Crippen LogP contribution in [0.1, 0.15) is 86.5 Å². The second-order valence-electron chi connectivity index (χ2n) is 10.2. The van der Waals surface area contributed by atoms with Crippen LogP contribution in [0.5, 0.6) is 0 Å². The van der Waals surface area contributed by atoms with Crippen LogP contribution in [0.3, 0.4) is 0 Å². The molecular weight excluding hydrogens is 358 g/mol. The van der Waals surface area contributed by atoms with Gasteiger partial charge in [-0.1, -0.05) is 46.6 Å². The van der Waals surface area contributed by atoms with E-state index in [1.54, 1.807) is 0 Å². The number of nitrogens with zero attached hydrogens (tertiary/aromatic N) is 1. The highest BCUT2D eigenvalue weighted by Gasteiger charge is 2.54. The summed E-state index contributed by atoms with van der Waals surface area (Å²) < 4.78 is 7.06. The minimum Gasteiger partial charge on any atom is -0.414 e. The Bertz CT molecular complexity index is 555. The predicted octanol–water partition coefficient (Wildman–Crippen LogP) is 7.73. The summed E-state index contributed by atoms with van der Waals surface area (Å²) in [4.78, 5) is 0. The van der Waals surface area contributed by atoms with Crippen LogP contribution in [0.25, 0.3) is 0 Å². The van der Waals surface area contributed by atoms with Crippen molar-refractivity contribution in [2.24, 2.45) is 29.1 Å². The molecule has 0 radical (unpaired) electrons. The highest BCUT2D eigenvalue weighted by molar-refractivity contribution is 6.73. The summed E-state index contributed by atoms with van der Waals surface area (Å²) in [6, 6.07) is 6.40. The Hall–Kier alpha value is -0.593. The molecular formula is C25H45NOSi. The quantitative estimate of drug-likeness (QED) is 0.276. The molecule has 160 valence electrons. The molecule has 0 heterocycles. The Morgan fingerprint density at radius 1 is 1.21 bits per heavy atom. The van der Waals surface area contributed by atoms with E-state index in [1.807, 2.05) is 0 Å². The van der Waals surface area contributed by atoms with Crippen LogP contribution >= 0.6 is 0 Å². The summed E-state index contributed by atoms with van der Waals surface area (Å²) in [6.07, 6.45) is 8.89. The molecule has 6 atom stereocenters. The van der Waals surface area contributed by atoms with E-state index in [9.17, 15) is 5.26 Å². The van der Waals surface area contributed by atoms with E-state index in [1.165, 1.54) is 55.8 Å². The molecule has 2 fully saturated rings. The molecule has 3 heteroatoms. The van der Waals surface area contributed by atoms with Gasteiger partial charge in [0.15, 0.2) is 8.32 Å². The third-order valence-electron chi connectivity index (χ3n) is 8.79. The number of nitriles is 1. The molecule has 0 aliphatic heterocycles. The van der Waals surface area contributed by atoms with Crippen LogP contribution in [-0.2, 0) is 4.43 Å². The molecule has 2 rings (SSSR count). The fourth-order valence-corrected chi connectivity index (χ4v) is 9.54. The van der Waals surface area contributed by atoms with Gasteiger partial charge in [-0.05, 0) is 86.7 Å². The van der Waals surface area contributed by atoms with Crippen LogP contribution in [0.2, 0.25) is 18.1 Å². The predicted molar refractivity (Wildman–Crippen MR) is 123 cm³/mol. The van der Waals surface area contributed by atoms with Gasteiger partial charge in [0, 0.05) is 12.0 Å². The Kier molecular flexibility index (Phi) is 8.41. The van der Waals surface area contributed by atoms with Crippen molar-refractivity contribution in [3.05, 3.63) is 12.2 Å². The second-order valence-corrected chi connectivity index (χ2v) is 14.9. The Morgan fingerprint density at radius 2 is 1.86 bits per heavy atom. The van der Waals surface area contributed by atoms with Gasteiger partial charge in [-0.15, -0.1) is 6.58 Å². The first-order chi connectivity index (χ1) is 13.3. The van der Waals surface area contributed by atoms with E-state index < -0.39 is 8.32 Å². The van der Waals surface area contributed by atoms with Gasteiger partial charge >= 0.3 is 0 Å². The van der Waals surface area contributed by atoms with E-state index >= 15 is 0 Å². The van der Waals surface area contributed by atoms with E-state index in [0.29, 0.717) is 29.3 Å². The van der Waals surface area contributed by atoms with Gasteiger partial charge in [0.25, 0.3) is 0 Å². The largest absolute Gasteiger partial charge is 0.414 e. The van der Waals surface area contributed by atoms with E-state index in [-0.39, 0.29) is 5.92 Å². The molecule has 0 aromatic carbocycles. The fourth-order valence-electron chi connectivity index (χ4n) is 6.61. The highest BCUT2D eigenvalue weighted by atomic mass is 28.4. The van der Waals surface area contributed by atoms with E-state index in [0.717, 1.165) is 12.8 Å². The summed E-state index contributed by atoms with van der Waals surface area (Å²) in [5, 5.41) is 9.85. The summed E-state index contributed by atoms with van der Waals surface area (Å²) in [7, 11) is -1.56. The molecule has 2 saturated carbocycles. The topological polar surface area (TPSA) is 33.0 Å². The van der Waals surface area contributed by atoms with Crippen molar-refractivity contribution >= 4 is 8.32 Å². The number of allylic oxidation sites excluding steroid dienone is 1. The first-order valence-electron chi connectivity index (χ1n) is 12.0. The number of fused-ring (bicyclic) bond motifs is 1. The van der Waals surface area contributed by atoms with Crippen LogP contribution in [0, 0.1) is 40.4 Å². The normalized spacial score (nSPS) is 32.4. The van der Waals surface area contributed by atoms with Gasteiger partial charge in [-0.3, -0.25) is 0 Å². The maximum absolute atomic E-state index is 9.85. The minimum atomic E-state index is -1.56. The number of hydrogen-bond acceptors (Lipinski definition) is 2. The van der Waals surface area contributed by atoms with Crippen molar-refractivity contribution in [3.63, 3.8) is 0 Å². The smallest absolute Gasteiger partial charge is 0.192 e. The van der Waals surface area contributed by atoms with Crippen LogP contribution < -0.4 is 0 Å². The fraction of sp³-hybridized carbons (Fsp3) is 0.880. The Morgan fingerprint density at radius 3 is 2.39 bits per heavy atom. The van der Waals surface area contributed by atoms with Gasteiger partial charge in [0.2, 0.25) is 0 Å². The summed E-state index contributed by atoms with van der Waals surface area (Å²) in [5.41, 5.74) is 1.56. The lowest BCUT2D eigenvalue weighted by Crippen LogP contribution is -2.48. The molecule has 2 aliphatic carbocycles. The molecule has 2 nitrogen and oxygen atoms in total. The molecule has 3 unspecified atom stereocenters. The average Bonchev–Trinajstić information content (AvgIpc) is 3.04. The van der Waals surface area contributed by atoms with Crippen molar-refractivity contribution in [1.29, 1.82) is 5.26 Å². The third-order valence-corrected chi connectivity index (χ3v) is 13.5. The van der Waals surface area contributed by atoms with Gasteiger partial charge in [0.1, 0.15) is 0 Å². The van der Waals surface area contributed by atoms with Crippen molar-refractivity contribution in [2.75, 3.05) is 0 Å².